The van der Waals surface area contributed by atoms with E-state index in [0.717, 1.165) is 0 Å². The van der Waals surface area contributed by atoms with Gasteiger partial charge in [-0.25, -0.2) is 8.42 Å². The number of hydrogen-bond donors (Lipinski definition) is 1. The minimum absolute atomic E-state index is 0.404. The van der Waals surface area contributed by atoms with Crippen molar-refractivity contribution in [1.82, 2.24) is 0 Å². The number of nitrogens with two attached hydrogens (primary N) is 1. The van der Waals surface area contributed by atoms with Crippen molar-refractivity contribution < 1.29 is 8.42 Å². The monoisotopic (exact) mass is 203 g/mol. The molecule has 0 saturated carbocycles. The molecule has 0 rings (SSSR count). The lowest BCUT2D eigenvalue weighted by Crippen LogP contribution is -2.48. The van der Waals surface area contributed by atoms with Gasteiger partial charge in [-0.1, -0.05) is 0 Å². The van der Waals surface area contributed by atoms with Gasteiger partial charge in [-0.3, -0.25) is 0 Å². The molecule has 4 heteroatoms. The van der Waals surface area contributed by atoms with Crippen molar-refractivity contribution in [1.29, 1.82) is 0 Å². The maximum Gasteiger partial charge on any atom is 0.154 e. The van der Waals surface area contributed by atoms with Crippen LogP contribution in [0.25, 0.3) is 0 Å². The Kier molecular flexibility index (Phi) is 3.95. The molecule has 0 bridgehead atoms. The number of rotatable bonds is 4. The first-order chi connectivity index (χ1) is 5.73. The largest absolute Gasteiger partial charge is 0.326 e. The van der Waals surface area contributed by atoms with Gasteiger partial charge >= 0.3 is 0 Å². The van der Waals surface area contributed by atoms with Gasteiger partial charge < -0.3 is 5.73 Å². The zero-order valence-electron chi connectivity index (χ0n) is 8.37. The molecule has 0 aliphatic heterocycles. The molecule has 2 N–H and O–H groups in total. The van der Waals surface area contributed by atoms with Crippen molar-refractivity contribution in [3.63, 3.8) is 0 Å². The van der Waals surface area contributed by atoms with Crippen molar-refractivity contribution in [3.8, 4) is 12.3 Å². The van der Waals surface area contributed by atoms with Crippen molar-refractivity contribution >= 4 is 9.84 Å². The summed E-state index contributed by atoms with van der Waals surface area (Å²) in [6, 6.07) is -0.404. The first kappa shape index (κ1) is 12.5. The Morgan fingerprint density at radius 2 is 2.00 bits per heavy atom. The maximum atomic E-state index is 11.3. The third-order valence-electron chi connectivity index (χ3n) is 2.45. The van der Waals surface area contributed by atoms with Crippen LogP contribution in [0, 0.1) is 12.3 Å². The Balaban J connectivity index is 4.57. The molecule has 0 spiro atoms. The molecule has 0 aromatic rings. The second-order valence-electron chi connectivity index (χ2n) is 3.72. The average Bonchev–Trinajstić information content (AvgIpc) is 1.97. The molecule has 0 aliphatic carbocycles. The molecule has 0 amide bonds. The standard InChI is InChI=1S/C9H17NO2S/c1-5-6-7-8(10)9(2,3)13(4,11)12/h1,8H,6-7,10H2,2-4H3. The smallest absolute Gasteiger partial charge is 0.154 e. The lowest BCUT2D eigenvalue weighted by Gasteiger charge is -2.29. The second-order valence-corrected chi connectivity index (χ2v) is 6.32. The second kappa shape index (κ2) is 4.12. The highest BCUT2D eigenvalue weighted by Gasteiger charge is 2.36. The molecule has 0 radical (unpaired) electrons. The van der Waals surface area contributed by atoms with E-state index in [1.165, 1.54) is 6.26 Å². The van der Waals surface area contributed by atoms with Crippen LogP contribution in [0.5, 0.6) is 0 Å². The van der Waals surface area contributed by atoms with E-state index in [4.69, 9.17) is 12.2 Å². The first-order valence-electron chi connectivity index (χ1n) is 4.12. The third-order valence-corrected chi connectivity index (χ3v) is 4.66. The number of hydrogen-bond acceptors (Lipinski definition) is 3. The molecule has 1 atom stereocenters. The zero-order chi connectivity index (χ0) is 10.7. The van der Waals surface area contributed by atoms with E-state index in [1.54, 1.807) is 13.8 Å². The summed E-state index contributed by atoms with van der Waals surface area (Å²) in [6.07, 6.45) is 7.32. The molecule has 0 heterocycles. The molecule has 0 aromatic heterocycles. The highest BCUT2D eigenvalue weighted by molar-refractivity contribution is 7.92. The van der Waals surface area contributed by atoms with Gasteiger partial charge in [-0.05, 0) is 20.3 Å². The van der Waals surface area contributed by atoms with Crippen LogP contribution in [0.15, 0.2) is 0 Å². The molecule has 0 aromatic carbocycles. The third kappa shape index (κ3) is 3.02. The summed E-state index contributed by atoms with van der Waals surface area (Å²) in [4.78, 5) is 0. The Hall–Kier alpha value is -0.530. The molecule has 3 nitrogen and oxygen atoms in total. The Morgan fingerprint density at radius 3 is 2.31 bits per heavy atom. The van der Waals surface area contributed by atoms with E-state index in [9.17, 15) is 8.42 Å². The van der Waals surface area contributed by atoms with Gasteiger partial charge in [0.05, 0.1) is 4.75 Å². The number of sulfone groups is 1. The van der Waals surface area contributed by atoms with Gasteiger partial charge in [0.15, 0.2) is 9.84 Å². The Bertz CT molecular complexity index is 298. The topological polar surface area (TPSA) is 60.2 Å². The lowest BCUT2D eigenvalue weighted by atomic mass is 10.00. The fourth-order valence-electron chi connectivity index (χ4n) is 0.861. The predicted molar refractivity (Wildman–Crippen MR) is 55.0 cm³/mol. The van der Waals surface area contributed by atoms with E-state index >= 15 is 0 Å². The van der Waals surface area contributed by atoms with Crippen molar-refractivity contribution in [2.45, 2.75) is 37.5 Å². The summed E-state index contributed by atoms with van der Waals surface area (Å²) < 4.78 is 21.8. The van der Waals surface area contributed by atoms with E-state index in [2.05, 4.69) is 5.92 Å². The van der Waals surface area contributed by atoms with Gasteiger partial charge in [0.25, 0.3) is 0 Å². The number of terminal acetylenes is 1. The van der Waals surface area contributed by atoms with Crippen molar-refractivity contribution in [3.05, 3.63) is 0 Å². The van der Waals surface area contributed by atoms with Gasteiger partial charge in [0, 0.05) is 18.7 Å². The van der Waals surface area contributed by atoms with Crippen LogP contribution in [0.1, 0.15) is 26.7 Å². The molecule has 0 saturated heterocycles. The quantitative estimate of drug-likeness (QED) is 0.679. The Labute approximate surface area is 80.6 Å². The van der Waals surface area contributed by atoms with Gasteiger partial charge in [-0.15, -0.1) is 12.3 Å². The van der Waals surface area contributed by atoms with E-state index in [-0.39, 0.29) is 0 Å². The minimum atomic E-state index is -3.13. The predicted octanol–water partition coefficient (Wildman–Crippen LogP) is 0.550. The molecule has 0 aliphatic rings. The molecule has 0 fully saturated rings. The summed E-state index contributed by atoms with van der Waals surface area (Å²) in [6.45, 7) is 3.26. The average molecular weight is 203 g/mol. The summed E-state index contributed by atoms with van der Waals surface area (Å²) in [5, 5.41) is 0. The fourth-order valence-corrected chi connectivity index (χ4v) is 1.53. The summed E-state index contributed by atoms with van der Waals surface area (Å²) in [5.74, 6) is 2.45. The SMILES string of the molecule is C#CCCC(N)C(C)(C)S(C)(=O)=O. The van der Waals surface area contributed by atoms with Crippen LogP contribution in [-0.2, 0) is 9.84 Å². The van der Waals surface area contributed by atoms with Crippen molar-refractivity contribution in [2.75, 3.05) is 6.26 Å². The molecule has 13 heavy (non-hydrogen) atoms. The zero-order valence-corrected chi connectivity index (χ0v) is 9.19. The van der Waals surface area contributed by atoms with Crippen LogP contribution in [0.4, 0.5) is 0 Å². The van der Waals surface area contributed by atoms with E-state index in [1.807, 2.05) is 0 Å². The van der Waals surface area contributed by atoms with E-state index < -0.39 is 20.6 Å². The Morgan fingerprint density at radius 1 is 1.54 bits per heavy atom. The minimum Gasteiger partial charge on any atom is -0.326 e. The van der Waals surface area contributed by atoms with Gasteiger partial charge in [-0.2, -0.15) is 0 Å². The molecule has 76 valence electrons. The van der Waals surface area contributed by atoms with Crippen molar-refractivity contribution in [2.24, 2.45) is 5.73 Å². The fraction of sp³-hybridized carbons (Fsp3) is 0.778. The maximum absolute atomic E-state index is 11.3. The van der Waals surface area contributed by atoms with Gasteiger partial charge in [0.2, 0.25) is 0 Å². The normalized spacial score (nSPS) is 15.0. The highest BCUT2D eigenvalue weighted by Crippen LogP contribution is 2.21. The van der Waals surface area contributed by atoms with Crippen LogP contribution < -0.4 is 5.73 Å². The van der Waals surface area contributed by atoms with Crippen LogP contribution in [0.2, 0.25) is 0 Å². The van der Waals surface area contributed by atoms with Gasteiger partial charge in [0.1, 0.15) is 0 Å². The summed E-state index contributed by atoms with van der Waals surface area (Å²) >= 11 is 0. The highest BCUT2D eigenvalue weighted by atomic mass is 32.2. The summed E-state index contributed by atoms with van der Waals surface area (Å²) in [5.41, 5.74) is 5.75. The summed E-state index contributed by atoms with van der Waals surface area (Å²) in [7, 11) is -3.13. The molecular weight excluding hydrogens is 186 g/mol. The van der Waals surface area contributed by atoms with Crippen LogP contribution >= 0.6 is 0 Å². The van der Waals surface area contributed by atoms with Crippen LogP contribution in [0.3, 0.4) is 0 Å². The first-order valence-corrected chi connectivity index (χ1v) is 6.01. The van der Waals surface area contributed by atoms with E-state index in [0.29, 0.717) is 12.8 Å². The molecule has 1 unspecified atom stereocenters. The van der Waals surface area contributed by atoms with Crippen LogP contribution in [-0.4, -0.2) is 25.5 Å². The lowest BCUT2D eigenvalue weighted by molar-refractivity contribution is 0.467. The molecular formula is C9H17NO2S.